The normalized spacial score (nSPS) is 37.2. The molecule has 0 N–H and O–H groups in total. The van der Waals surface area contributed by atoms with Gasteiger partial charge in [0.25, 0.3) is 0 Å². The van der Waals surface area contributed by atoms with Gasteiger partial charge in [-0.05, 0) is 67.9 Å². The lowest BCUT2D eigenvalue weighted by Gasteiger charge is -2.63. The van der Waals surface area contributed by atoms with Crippen LogP contribution in [0.25, 0.3) is 4.96 Å². The van der Waals surface area contributed by atoms with Crippen molar-refractivity contribution in [1.82, 2.24) is 9.38 Å². The topological polar surface area (TPSA) is 20.5 Å². The molecule has 26 heavy (non-hydrogen) atoms. The highest BCUT2D eigenvalue weighted by atomic mass is 32.1. The molecule has 0 unspecified atom stereocenters. The average molecular weight is 362 g/mol. The van der Waals surface area contributed by atoms with Crippen LogP contribution in [-0.2, 0) is 12.1 Å². The minimum Gasteiger partial charge on any atom is -0.354 e. The van der Waals surface area contributed by atoms with Crippen LogP contribution in [0.5, 0.6) is 0 Å². The summed E-state index contributed by atoms with van der Waals surface area (Å²) in [6, 6.07) is 11.2. The molecule has 132 valence electrons. The van der Waals surface area contributed by atoms with E-state index in [1.54, 1.807) is 17.0 Å². The Morgan fingerprint density at radius 3 is 2.42 bits per heavy atom. The molecule has 1 aliphatic heterocycles. The first-order valence-corrected chi connectivity index (χ1v) is 11.0. The lowest BCUT2D eigenvalue weighted by Crippen LogP contribution is -2.62. The molecule has 0 atom stereocenters. The van der Waals surface area contributed by atoms with Crippen molar-refractivity contribution in [2.24, 2.45) is 23.7 Å². The van der Waals surface area contributed by atoms with Gasteiger partial charge in [-0.1, -0.05) is 18.2 Å². The van der Waals surface area contributed by atoms with E-state index in [4.69, 9.17) is 4.98 Å². The molecule has 0 saturated heterocycles. The Morgan fingerprint density at radius 2 is 1.69 bits per heavy atom. The molecular weight excluding hydrogens is 338 g/mol. The quantitative estimate of drug-likeness (QED) is 0.603. The summed E-state index contributed by atoms with van der Waals surface area (Å²) in [4.78, 5) is 9.03. The SMILES string of the molecule is c1ccc(N2Cc3nc4sccn4c3C23C2CC4CC(C2)CC3C4)cc1. The Labute approximate surface area is 157 Å². The Morgan fingerprint density at radius 1 is 0.962 bits per heavy atom. The highest BCUT2D eigenvalue weighted by Gasteiger charge is 2.64. The predicted octanol–water partition coefficient (Wildman–Crippen LogP) is 5.07. The molecule has 4 aliphatic carbocycles. The standard InChI is InChI=1S/C22H23N3S/c1-2-4-18(5-3-1)25-13-19-20(24-6-7-26-21(24)23-19)22(25)16-9-14-8-15(11-16)12-17(22)10-14/h1-7,14-17H,8-13H2. The van der Waals surface area contributed by atoms with Gasteiger partial charge in [-0.2, -0.15) is 0 Å². The second-order valence-electron chi connectivity index (χ2n) is 9.01. The number of aromatic nitrogens is 2. The average Bonchev–Trinajstić information content (AvgIpc) is 3.30. The summed E-state index contributed by atoms with van der Waals surface area (Å²) in [5.41, 5.74) is 4.45. The molecule has 3 nitrogen and oxygen atoms in total. The van der Waals surface area contributed by atoms with Crippen LogP contribution in [0.3, 0.4) is 0 Å². The molecule has 4 fully saturated rings. The molecule has 0 radical (unpaired) electrons. The van der Waals surface area contributed by atoms with Crippen LogP contribution in [0.15, 0.2) is 41.9 Å². The molecule has 4 heteroatoms. The second kappa shape index (κ2) is 4.72. The summed E-state index contributed by atoms with van der Waals surface area (Å²) in [6.07, 6.45) is 9.47. The maximum atomic E-state index is 5.08. The van der Waals surface area contributed by atoms with Gasteiger partial charge in [-0.3, -0.25) is 4.40 Å². The molecule has 5 aliphatic rings. The number of hydrogen-bond donors (Lipinski definition) is 0. The molecule has 2 aromatic heterocycles. The van der Waals surface area contributed by atoms with Crippen molar-refractivity contribution >= 4 is 22.0 Å². The lowest BCUT2D eigenvalue weighted by atomic mass is 9.47. The summed E-state index contributed by atoms with van der Waals surface area (Å²) in [5.74, 6) is 3.55. The summed E-state index contributed by atoms with van der Waals surface area (Å²) in [7, 11) is 0. The van der Waals surface area contributed by atoms with E-state index in [2.05, 4.69) is 51.2 Å². The maximum Gasteiger partial charge on any atom is 0.194 e. The van der Waals surface area contributed by atoms with E-state index in [0.29, 0.717) is 0 Å². The van der Waals surface area contributed by atoms with Gasteiger partial charge in [0.15, 0.2) is 4.96 Å². The van der Waals surface area contributed by atoms with Crippen LogP contribution in [0.4, 0.5) is 5.69 Å². The molecule has 0 amide bonds. The molecule has 3 aromatic rings. The summed E-state index contributed by atoms with van der Waals surface area (Å²) in [5, 5.41) is 2.21. The number of nitrogens with zero attached hydrogens (tertiary/aromatic N) is 3. The van der Waals surface area contributed by atoms with Gasteiger partial charge in [0.05, 0.1) is 23.5 Å². The number of fused-ring (bicyclic) bond motifs is 3. The number of thiazole rings is 1. The minimum absolute atomic E-state index is 0.171. The maximum absolute atomic E-state index is 5.08. The van der Waals surface area contributed by atoms with E-state index in [-0.39, 0.29) is 5.54 Å². The summed E-state index contributed by atoms with van der Waals surface area (Å²) < 4.78 is 2.45. The number of hydrogen-bond acceptors (Lipinski definition) is 3. The zero-order chi connectivity index (χ0) is 16.9. The molecule has 4 saturated carbocycles. The van der Waals surface area contributed by atoms with Crippen LogP contribution < -0.4 is 4.90 Å². The smallest absolute Gasteiger partial charge is 0.194 e. The second-order valence-corrected chi connectivity index (χ2v) is 9.89. The lowest BCUT2D eigenvalue weighted by molar-refractivity contribution is -0.0607. The first-order valence-electron chi connectivity index (χ1n) is 10.1. The van der Waals surface area contributed by atoms with Gasteiger partial charge < -0.3 is 4.90 Å². The first-order chi connectivity index (χ1) is 12.8. The van der Waals surface area contributed by atoms with Crippen molar-refractivity contribution < 1.29 is 0 Å². The highest BCUT2D eigenvalue weighted by Crippen LogP contribution is 2.66. The number of rotatable bonds is 1. The number of imidazole rings is 1. The molecule has 1 spiro atoms. The van der Waals surface area contributed by atoms with E-state index in [1.807, 2.05) is 0 Å². The van der Waals surface area contributed by atoms with Crippen LogP contribution in [0.2, 0.25) is 0 Å². The summed E-state index contributed by atoms with van der Waals surface area (Å²) >= 11 is 1.79. The third-order valence-corrected chi connectivity index (χ3v) is 8.68. The number of para-hydroxylation sites is 1. The fourth-order valence-electron chi connectivity index (χ4n) is 7.42. The Hall–Kier alpha value is -1.81. The van der Waals surface area contributed by atoms with Gasteiger partial charge in [-0.25, -0.2) is 4.98 Å². The highest BCUT2D eigenvalue weighted by molar-refractivity contribution is 7.15. The third kappa shape index (κ3) is 1.55. The summed E-state index contributed by atoms with van der Waals surface area (Å²) in [6.45, 7) is 0.982. The van der Waals surface area contributed by atoms with Crippen LogP contribution >= 0.6 is 11.3 Å². The Kier molecular flexibility index (Phi) is 2.59. The van der Waals surface area contributed by atoms with Crippen LogP contribution in [0.1, 0.15) is 43.5 Å². The minimum atomic E-state index is 0.171. The van der Waals surface area contributed by atoms with E-state index >= 15 is 0 Å². The third-order valence-electron chi connectivity index (χ3n) is 7.92. The monoisotopic (exact) mass is 361 g/mol. The van der Waals surface area contributed by atoms with Crippen molar-refractivity contribution in [1.29, 1.82) is 0 Å². The van der Waals surface area contributed by atoms with Crippen molar-refractivity contribution in [2.75, 3.05) is 4.90 Å². The van der Waals surface area contributed by atoms with Gasteiger partial charge in [0.1, 0.15) is 0 Å². The van der Waals surface area contributed by atoms with Crippen LogP contribution in [-0.4, -0.2) is 9.38 Å². The zero-order valence-electron chi connectivity index (χ0n) is 14.8. The molecular formula is C22H23N3S. The number of anilines is 1. The van der Waals surface area contributed by atoms with E-state index < -0.39 is 0 Å². The van der Waals surface area contributed by atoms with Gasteiger partial charge >= 0.3 is 0 Å². The van der Waals surface area contributed by atoms with Gasteiger partial charge in [-0.15, -0.1) is 11.3 Å². The van der Waals surface area contributed by atoms with Gasteiger partial charge in [0.2, 0.25) is 0 Å². The Bertz CT molecular complexity index is 973. The molecule has 3 heterocycles. The molecule has 1 aromatic carbocycles. The van der Waals surface area contributed by atoms with Gasteiger partial charge in [0, 0.05) is 17.3 Å². The van der Waals surface area contributed by atoms with E-state index in [1.165, 1.54) is 48.4 Å². The van der Waals surface area contributed by atoms with Crippen molar-refractivity contribution in [3.05, 3.63) is 53.3 Å². The zero-order valence-corrected chi connectivity index (χ0v) is 15.7. The van der Waals surface area contributed by atoms with E-state index in [0.717, 1.165) is 30.2 Å². The molecule has 4 bridgehead atoms. The molecule has 8 rings (SSSR count). The van der Waals surface area contributed by atoms with Crippen molar-refractivity contribution in [2.45, 2.75) is 44.2 Å². The fraction of sp³-hybridized carbons (Fsp3) is 0.500. The Balaban J connectivity index is 1.52. The van der Waals surface area contributed by atoms with Crippen molar-refractivity contribution in [3.8, 4) is 0 Å². The van der Waals surface area contributed by atoms with E-state index in [9.17, 15) is 0 Å². The van der Waals surface area contributed by atoms with Crippen molar-refractivity contribution in [3.63, 3.8) is 0 Å². The largest absolute Gasteiger partial charge is 0.354 e. The first kappa shape index (κ1) is 14.3. The predicted molar refractivity (Wildman–Crippen MR) is 104 cm³/mol. The number of benzene rings is 1. The fourth-order valence-corrected chi connectivity index (χ4v) is 8.15. The van der Waals surface area contributed by atoms with Crippen LogP contribution in [0, 0.1) is 23.7 Å².